The van der Waals surface area contributed by atoms with E-state index in [1.807, 2.05) is 6.07 Å². The molecule has 0 unspecified atom stereocenters. The summed E-state index contributed by atoms with van der Waals surface area (Å²) in [5.41, 5.74) is 2.09. The van der Waals surface area contributed by atoms with E-state index in [0.717, 1.165) is 25.0 Å². The van der Waals surface area contributed by atoms with Crippen LogP contribution in [0.3, 0.4) is 0 Å². The third kappa shape index (κ3) is 2.20. The summed E-state index contributed by atoms with van der Waals surface area (Å²) >= 11 is 5.79. The Balaban J connectivity index is 1.80. The van der Waals surface area contributed by atoms with Gasteiger partial charge in [-0.15, -0.1) is 0 Å². The first kappa shape index (κ1) is 11.1. The number of halogens is 1. The van der Waals surface area contributed by atoms with Gasteiger partial charge in [0.25, 0.3) is 0 Å². The maximum atomic E-state index is 5.79. The van der Waals surface area contributed by atoms with Gasteiger partial charge in [0.05, 0.1) is 18.9 Å². The van der Waals surface area contributed by atoms with E-state index >= 15 is 0 Å². The quantitative estimate of drug-likeness (QED) is 0.720. The van der Waals surface area contributed by atoms with E-state index in [1.54, 1.807) is 6.20 Å². The van der Waals surface area contributed by atoms with Gasteiger partial charge in [-0.05, 0) is 29.7 Å². The van der Waals surface area contributed by atoms with Crippen molar-refractivity contribution in [2.45, 2.75) is 25.0 Å². The van der Waals surface area contributed by atoms with Crippen LogP contribution in [0, 0.1) is 0 Å². The van der Waals surface area contributed by atoms with Crippen LogP contribution < -0.4 is 0 Å². The third-order valence-electron chi connectivity index (χ3n) is 3.20. The van der Waals surface area contributed by atoms with E-state index in [2.05, 4.69) is 16.0 Å². The minimum Gasteiger partial charge on any atom is -0.347 e. The van der Waals surface area contributed by atoms with Crippen molar-refractivity contribution < 1.29 is 9.47 Å². The van der Waals surface area contributed by atoms with Crippen LogP contribution in [0.15, 0.2) is 18.3 Å². The summed E-state index contributed by atoms with van der Waals surface area (Å²) in [6.45, 7) is 1.39. The summed E-state index contributed by atoms with van der Waals surface area (Å²) in [6, 6.07) is 1.88. The molecule has 0 aromatic carbocycles. The molecule has 1 aliphatic heterocycles. The molecule has 90 valence electrons. The SMILES string of the molecule is Clc1nccc(C2=CCC3(CC2)OCCO3)n1. The summed E-state index contributed by atoms with van der Waals surface area (Å²) in [4.78, 5) is 8.10. The fourth-order valence-electron chi connectivity index (χ4n) is 2.31. The molecule has 0 radical (unpaired) electrons. The Morgan fingerprint density at radius 3 is 2.76 bits per heavy atom. The largest absolute Gasteiger partial charge is 0.347 e. The van der Waals surface area contributed by atoms with Crippen LogP contribution in [0.5, 0.6) is 0 Å². The molecule has 4 nitrogen and oxygen atoms in total. The van der Waals surface area contributed by atoms with Gasteiger partial charge in [-0.3, -0.25) is 0 Å². The second-order valence-electron chi connectivity index (χ2n) is 4.25. The summed E-state index contributed by atoms with van der Waals surface area (Å²) in [7, 11) is 0. The Kier molecular flexibility index (Phi) is 2.86. The predicted molar refractivity (Wildman–Crippen MR) is 63.5 cm³/mol. The molecule has 2 heterocycles. The number of nitrogens with zero attached hydrogens (tertiary/aromatic N) is 2. The van der Waals surface area contributed by atoms with Crippen LogP contribution in [0.2, 0.25) is 5.28 Å². The maximum absolute atomic E-state index is 5.79. The van der Waals surface area contributed by atoms with E-state index in [-0.39, 0.29) is 11.1 Å². The molecular formula is C12H13ClN2O2. The van der Waals surface area contributed by atoms with E-state index in [4.69, 9.17) is 21.1 Å². The van der Waals surface area contributed by atoms with Crippen LogP contribution in [-0.2, 0) is 9.47 Å². The Morgan fingerprint density at radius 2 is 2.12 bits per heavy atom. The number of aromatic nitrogens is 2. The molecule has 17 heavy (non-hydrogen) atoms. The van der Waals surface area contributed by atoms with Gasteiger partial charge in [0, 0.05) is 19.0 Å². The van der Waals surface area contributed by atoms with Crippen molar-refractivity contribution in [3.63, 3.8) is 0 Å². The van der Waals surface area contributed by atoms with Crippen LogP contribution in [0.25, 0.3) is 5.57 Å². The van der Waals surface area contributed by atoms with Gasteiger partial charge in [0.1, 0.15) is 0 Å². The zero-order valence-electron chi connectivity index (χ0n) is 9.36. The first-order valence-corrected chi connectivity index (χ1v) is 6.11. The number of hydrogen-bond acceptors (Lipinski definition) is 4. The summed E-state index contributed by atoms with van der Waals surface area (Å²) in [5.74, 6) is -0.375. The number of rotatable bonds is 1. The molecule has 0 bridgehead atoms. The lowest BCUT2D eigenvalue weighted by molar-refractivity contribution is -0.159. The van der Waals surface area contributed by atoms with Gasteiger partial charge >= 0.3 is 0 Å². The lowest BCUT2D eigenvalue weighted by Gasteiger charge is -2.30. The molecule has 1 aliphatic carbocycles. The second-order valence-corrected chi connectivity index (χ2v) is 4.59. The fraction of sp³-hybridized carbons (Fsp3) is 0.500. The average Bonchev–Trinajstić information content (AvgIpc) is 2.79. The molecule has 0 amide bonds. The number of allylic oxidation sites excluding steroid dienone is 1. The molecule has 0 N–H and O–H groups in total. The van der Waals surface area contributed by atoms with Crippen molar-refractivity contribution in [3.05, 3.63) is 29.3 Å². The van der Waals surface area contributed by atoms with Gasteiger partial charge in [0.15, 0.2) is 5.79 Å². The zero-order valence-corrected chi connectivity index (χ0v) is 10.1. The molecule has 2 aliphatic rings. The molecule has 3 rings (SSSR count). The molecule has 0 saturated carbocycles. The van der Waals surface area contributed by atoms with Gasteiger partial charge in [0.2, 0.25) is 5.28 Å². The van der Waals surface area contributed by atoms with Gasteiger partial charge in [-0.2, -0.15) is 0 Å². The topological polar surface area (TPSA) is 44.2 Å². The van der Waals surface area contributed by atoms with Gasteiger partial charge in [-0.1, -0.05) is 6.08 Å². The minimum atomic E-state index is -0.375. The van der Waals surface area contributed by atoms with Crippen LogP contribution >= 0.6 is 11.6 Å². The van der Waals surface area contributed by atoms with Crippen molar-refractivity contribution in [1.82, 2.24) is 9.97 Å². The lowest BCUT2D eigenvalue weighted by atomic mass is 9.92. The van der Waals surface area contributed by atoms with Crippen molar-refractivity contribution >= 4 is 17.2 Å². The van der Waals surface area contributed by atoms with Gasteiger partial charge < -0.3 is 9.47 Å². The molecule has 1 spiro atoms. The Bertz CT molecular complexity index is 456. The lowest BCUT2D eigenvalue weighted by Crippen LogP contribution is -2.31. The normalized spacial score (nSPS) is 22.8. The minimum absolute atomic E-state index is 0.289. The highest BCUT2D eigenvalue weighted by Gasteiger charge is 2.37. The highest BCUT2D eigenvalue weighted by atomic mass is 35.5. The van der Waals surface area contributed by atoms with Crippen molar-refractivity contribution in [1.29, 1.82) is 0 Å². The summed E-state index contributed by atoms with van der Waals surface area (Å²) in [5, 5.41) is 0.289. The highest BCUT2D eigenvalue weighted by molar-refractivity contribution is 6.28. The second kappa shape index (κ2) is 4.37. The molecule has 1 saturated heterocycles. The third-order valence-corrected chi connectivity index (χ3v) is 3.39. The molecule has 0 atom stereocenters. The standard InChI is InChI=1S/C12H13ClN2O2/c13-11-14-6-3-10(15-11)9-1-4-12(5-2-9)16-7-8-17-12/h1,3,6H,2,4-5,7-8H2. The van der Waals surface area contributed by atoms with Crippen LogP contribution in [-0.4, -0.2) is 29.0 Å². The van der Waals surface area contributed by atoms with Gasteiger partial charge in [-0.25, -0.2) is 9.97 Å². The van der Waals surface area contributed by atoms with E-state index in [1.165, 1.54) is 5.57 Å². The summed E-state index contributed by atoms with van der Waals surface area (Å²) < 4.78 is 11.3. The van der Waals surface area contributed by atoms with Crippen molar-refractivity contribution in [2.24, 2.45) is 0 Å². The number of hydrogen-bond donors (Lipinski definition) is 0. The average molecular weight is 253 g/mol. The molecule has 1 aromatic rings. The van der Waals surface area contributed by atoms with E-state index in [9.17, 15) is 0 Å². The monoisotopic (exact) mass is 252 g/mol. The molecule has 1 aromatic heterocycles. The highest BCUT2D eigenvalue weighted by Crippen LogP contribution is 2.37. The van der Waals surface area contributed by atoms with Crippen LogP contribution in [0.1, 0.15) is 25.0 Å². The zero-order chi connectivity index (χ0) is 11.7. The molecule has 5 heteroatoms. The molecule has 1 fully saturated rings. The van der Waals surface area contributed by atoms with Crippen molar-refractivity contribution in [2.75, 3.05) is 13.2 Å². The number of ether oxygens (including phenoxy) is 2. The Labute approximate surface area is 105 Å². The van der Waals surface area contributed by atoms with E-state index < -0.39 is 0 Å². The van der Waals surface area contributed by atoms with Crippen LogP contribution in [0.4, 0.5) is 0 Å². The summed E-state index contributed by atoms with van der Waals surface area (Å²) in [6.07, 6.45) is 6.36. The van der Waals surface area contributed by atoms with Crippen molar-refractivity contribution in [3.8, 4) is 0 Å². The smallest absolute Gasteiger partial charge is 0.222 e. The first-order chi connectivity index (χ1) is 8.27. The maximum Gasteiger partial charge on any atom is 0.222 e. The fourth-order valence-corrected chi connectivity index (χ4v) is 2.46. The van der Waals surface area contributed by atoms with E-state index in [0.29, 0.717) is 13.2 Å². The Hall–Kier alpha value is -0.970. The Morgan fingerprint density at radius 1 is 1.29 bits per heavy atom. The first-order valence-electron chi connectivity index (χ1n) is 5.73. The molecular weight excluding hydrogens is 240 g/mol. The predicted octanol–water partition coefficient (Wildman–Crippen LogP) is 2.44.